The van der Waals surface area contributed by atoms with Gasteiger partial charge in [0.2, 0.25) is 0 Å². The van der Waals surface area contributed by atoms with Gasteiger partial charge in [0.1, 0.15) is 22.9 Å². The largest absolute Gasteiger partial charge is 0.383 e. The molecule has 3 N–H and O–H groups in total. The molecule has 340 valence electrons. The first-order valence-corrected chi connectivity index (χ1v) is 25.3. The quantitative estimate of drug-likeness (QED) is 0.118. The minimum absolute atomic E-state index is 0.489. The van der Waals surface area contributed by atoms with Crippen molar-refractivity contribution in [2.75, 3.05) is 0 Å². The van der Waals surface area contributed by atoms with E-state index in [0.717, 1.165) is 56.1 Å². The molecule has 5 nitrogen and oxygen atoms in total. The van der Waals surface area contributed by atoms with Crippen molar-refractivity contribution < 1.29 is 0 Å². The third-order valence-corrected chi connectivity index (χ3v) is 16.4. The van der Waals surface area contributed by atoms with Gasteiger partial charge in [0, 0.05) is 31.3 Å². The Morgan fingerprint density at radius 1 is 0.458 bits per heavy atom. The molecule has 14 rings (SSSR count). The van der Waals surface area contributed by atoms with Crippen molar-refractivity contribution in [2.45, 2.75) is 17.0 Å². The third-order valence-electron chi connectivity index (χ3n) is 15.1. The Bertz CT molecular complexity index is 3930. The lowest BCUT2D eigenvalue weighted by atomic mass is 9.68. The van der Waals surface area contributed by atoms with Gasteiger partial charge in [-0.25, -0.2) is 15.0 Å². The van der Waals surface area contributed by atoms with Crippen molar-refractivity contribution in [3.8, 4) is 33.4 Å². The van der Waals surface area contributed by atoms with Gasteiger partial charge in [-0.15, -0.1) is 11.3 Å². The fourth-order valence-electron chi connectivity index (χ4n) is 12.1. The zero-order valence-electron chi connectivity index (χ0n) is 39.1. The Labute approximate surface area is 422 Å². The fraction of sp³-hybridized carbons (Fsp3) is 0.0455. The fourth-order valence-corrected chi connectivity index (χ4v) is 13.3. The van der Waals surface area contributed by atoms with Crippen molar-refractivity contribution in [1.82, 2.24) is 5.32 Å². The molecule has 1 aliphatic heterocycles. The number of aliphatic imine (C=N–C) groups is 3. The highest BCUT2D eigenvalue weighted by atomic mass is 32.1. The molecule has 10 aromatic carbocycles. The molecular formula is C66H45N5S. The number of thiophene rings is 1. The van der Waals surface area contributed by atoms with Crippen LogP contribution in [-0.4, -0.2) is 23.7 Å². The third kappa shape index (κ3) is 6.15. The minimum atomic E-state index is -0.801. The molecule has 3 aliphatic rings. The van der Waals surface area contributed by atoms with Crippen LogP contribution in [-0.2, 0) is 10.8 Å². The first kappa shape index (κ1) is 42.0. The number of nitrogens with zero attached hydrogens (tertiary/aromatic N) is 3. The molecule has 0 radical (unpaired) electrons. The summed E-state index contributed by atoms with van der Waals surface area (Å²) in [5.74, 6) is 2.09. The smallest absolute Gasteiger partial charge is 0.161 e. The molecule has 0 bridgehead atoms. The van der Waals surface area contributed by atoms with Crippen LogP contribution in [0.2, 0.25) is 0 Å². The molecule has 0 saturated carbocycles. The Hall–Kier alpha value is -8.97. The summed E-state index contributed by atoms with van der Waals surface area (Å²) in [4.78, 5) is 17.0. The van der Waals surface area contributed by atoms with E-state index in [9.17, 15) is 0 Å². The lowest BCUT2D eigenvalue weighted by Crippen LogP contribution is -2.53. The minimum Gasteiger partial charge on any atom is -0.383 e. The first-order valence-electron chi connectivity index (χ1n) is 24.5. The van der Waals surface area contributed by atoms with Gasteiger partial charge in [0.15, 0.2) is 6.17 Å². The molecule has 11 aromatic rings. The Kier molecular flexibility index (Phi) is 9.66. The van der Waals surface area contributed by atoms with Crippen LogP contribution in [0.3, 0.4) is 0 Å². The Morgan fingerprint density at radius 2 is 0.958 bits per heavy atom. The van der Waals surface area contributed by atoms with Gasteiger partial charge < -0.3 is 11.1 Å². The van der Waals surface area contributed by atoms with Crippen LogP contribution in [0.5, 0.6) is 0 Å². The summed E-state index contributed by atoms with van der Waals surface area (Å²) in [6.45, 7) is 0. The maximum atomic E-state index is 6.67. The lowest BCUT2D eigenvalue weighted by molar-refractivity contribution is 0.492. The van der Waals surface area contributed by atoms with Crippen LogP contribution < -0.4 is 11.1 Å². The summed E-state index contributed by atoms with van der Waals surface area (Å²) in [7, 11) is 0. The highest BCUT2D eigenvalue weighted by Crippen LogP contribution is 2.58. The van der Waals surface area contributed by atoms with Gasteiger partial charge in [-0.2, -0.15) is 0 Å². The van der Waals surface area contributed by atoms with Crippen molar-refractivity contribution in [2.24, 2.45) is 20.7 Å². The van der Waals surface area contributed by atoms with Crippen LogP contribution in [0.4, 0.5) is 5.69 Å². The number of fused-ring (bicyclic) bond motifs is 9. The standard InChI is InChI=1S/C66H45N5S/c67-61(43-20-4-1-5-21-43)68-57-41-40-47(60-59(57)52-30-14-19-35-58(52)72-60)42-36-38-44(39-37-42)62-69-63(65(45-22-6-2-7-23-45)53-31-15-10-26-48(53)49-27-11-16-32-54(49)65)71-64(70-62)66(46-24-8-3-9-25-46)55-33-17-12-28-50(55)51-29-13-18-34-56(51)66/h1-41,63H,(H2,67,68)(H,69,70,71). The molecule has 72 heavy (non-hydrogen) atoms. The van der Waals surface area contributed by atoms with Crippen molar-refractivity contribution in [1.29, 1.82) is 0 Å². The van der Waals surface area contributed by atoms with E-state index >= 15 is 0 Å². The molecule has 0 saturated heterocycles. The monoisotopic (exact) mass is 939 g/mol. The van der Waals surface area contributed by atoms with E-state index in [-0.39, 0.29) is 0 Å². The molecule has 2 heterocycles. The van der Waals surface area contributed by atoms with Crippen molar-refractivity contribution in [3.05, 3.63) is 293 Å². The Balaban J connectivity index is 0.987. The average Bonchev–Trinajstić information content (AvgIpc) is 4.10. The Morgan fingerprint density at radius 3 is 1.58 bits per heavy atom. The van der Waals surface area contributed by atoms with Gasteiger partial charge in [-0.05, 0) is 78.9 Å². The van der Waals surface area contributed by atoms with Gasteiger partial charge in [-0.3, -0.25) is 0 Å². The summed E-state index contributed by atoms with van der Waals surface area (Å²) < 4.78 is 2.37. The SMILES string of the molecule is NC(=Nc1ccc(-c2ccc(C3=NC(C4(c5ccccc5)c5ccccc5-c5ccccc54)N=C(C4(c5ccccc5)c5ccccc5-c5ccccc54)N3)cc2)c2sc3ccccc3c12)c1ccccc1. The van der Waals surface area contributed by atoms with Crippen LogP contribution in [0.25, 0.3) is 53.6 Å². The maximum Gasteiger partial charge on any atom is 0.161 e. The number of hydrogen-bond acceptors (Lipinski definition) is 5. The predicted octanol–water partition coefficient (Wildman–Crippen LogP) is 14.9. The number of nitrogens with one attached hydrogen (secondary N) is 1. The zero-order valence-corrected chi connectivity index (χ0v) is 39.9. The molecule has 1 aromatic heterocycles. The summed E-state index contributed by atoms with van der Waals surface area (Å²) in [5.41, 5.74) is 21.9. The summed E-state index contributed by atoms with van der Waals surface area (Å²) in [5, 5.41) is 6.29. The average molecular weight is 940 g/mol. The number of amidine groups is 3. The van der Waals surface area contributed by atoms with E-state index in [2.05, 4.69) is 224 Å². The highest BCUT2D eigenvalue weighted by molar-refractivity contribution is 7.26. The van der Waals surface area contributed by atoms with Gasteiger partial charge in [0.25, 0.3) is 0 Å². The second kappa shape index (κ2) is 16.6. The number of benzene rings is 10. The summed E-state index contributed by atoms with van der Waals surface area (Å²) in [6, 6.07) is 89.0. The van der Waals surface area contributed by atoms with Crippen molar-refractivity contribution in [3.63, 3.8) is 0 Å². The van der Waals surface area contributed by atoms with E-state index in [1.807, 2.05) is 30.3 Å². The second-order valence-corrected chi connectivity index (χ2v) is 19.9. The van der Waals surface area contributed by atoms with Crippen molar-refractivity contribution >= 4 is 54.7 Å². The lowest BCUT2D eigenvalue weighted by Gasteiger charge is -2.42. The number of hydrogen-bond donors (Lipinski definition) is 2. The van der Waals surface area contributed by atoms with Crippen LogP contribution >= 0.6 is 11.3 Å². The van der Waals surface area contributed by atoms with Gasteiger partial charge >= 0.3 is 0 Å². The van der Waals surface area contributed by atoms with E-state index < -0.39 is 17.0 Å². The summed E-state index contributed by atoms with van der Waals surface area (Å²) >= 11 is 1.79. The normalized spacial score (nSPS) is 16.0. The summed E-state index contributed by atoms with van der Waals surface area (Å²) in [6.07, 6.45) is -0.620. The molecule has 0 amide bonds. The predicted molar refractivity (Wildman–Crippen MR) is 299 cm³/mol. The molecule has 0 spiro atoms. The highest BCUT2D eigenvalue weighted by Gasteiger charge is 2.55. The van der Waals surface area contributed by atoms with E-state index in [1.165, 1.54) is 59.3 Å². The molecule has 6 heteroatoms. The number of nitrogens with two attached hydrogens (primary N) is 1. The maximum absolute atomic E-state index is 6.67. The molecule has 1 atom stereocenters. The molecule has 0 fully saturated rings. The molecule has 1 unspecified atom stereocenters. The molecular weight excluding hydrogens is 895 g/mol. The van der Waals surface area contributed by atoms with Gasteiger partial charge in [-0.1, -0.05) is 237 Å². The molecule has 2 aliphatic carbocycles. The van der Waals surface area contributed by atoms with E-state index in [0.29, 0.717) is 5.84 Å². The van der Waals surface area contributed by atoms with Crippen LogP contribution in [0.1, 0.15) is 44.5 Å². The van der Waals surface area contributed by atoms with E-state index in [1.54, 1.807) is 11.3 Å². The zero-order chi connectivity index (χ0) is 47.8. The number of rotatable bonds is 8. The second-order valence-electron chi connectivity index (χ2n) is 18.8. The topological polar surface area (TPSA) is 75.1 Å². The van der Waals surface area contributed by atoms with Crippen LogP contribution in [0.15, 0.2) is 264 Å². The first-order chi connectivity index (χ1) is 35.6. The van der Waals surface area contributed by atoms with E-state index in [4.69, 9.17) is 20.7 Å². The van der Waals surface area contributed by atoms with Crippen LogP contribution in [0, 0.1) is 0 Å². The van der Waals surface area contributed by atoms with Gasteiger partial charge in [0.05, 0.1) is 11.1 Å².